The molecule has 2 heteroatoms. The number of fused-ring (bicyclic) bond motifs is 1. The molecule has 1 aromatic rings. The van der Waals surface area contributed by atoms with Crippen LogP contribution in [0, 0.1) is 6.42 Å². The fourth-order valence-corrected chi connectivity index (χ4v) is 1.30. The molecule has 0 amide bonds. The molecule has 1 aromatic carbocycles. The molecule has 1 aliphatic carbocycles. The van der Waals surface area contributed by atoms with Crippen LogP contribution in [0.5, 0.6) is 5.75 Å². The Kier molecular flexibility index (Phi) is 1.22. The normalized spacial score (nSPS) is 15.1. The van der Waals surface area contributed by atoms with Crippen LogP contribution in [0.3, 0.4) is 0 Å². The summed E-state index contributed by atoms with van der Waals surface area (Å²) in [4.78, 5) is 10.9. The molecule has 0 atom stereocenters. The van der Waals surface area contributed by atoms with Crippen LogP contribution >= 0.6 is 0 Å². The first-order valence-electron chi connectivity index (χ1n) is 3.45. The molecule has 0 spiro atoms. The lowest BCUT2D eigenvalue weighted by molar-refractivity contribution is -0.114. The Balaban J connectivity index is 2.51. The number of ketones is 1. The van der Waals surface area contributed by atoms with Gasteiger partial charge in [-0.3, -0.25) is 4.79 Å². The quantitative estimate of drug-likeness (QED) is 0.596. The zero-order valence-corrected chi connectivity index (χ0v) is 5.87. The monoisotopic (exact) mass is 147 g/mol. The summed E-state index contributed by atoms with van der Waals surface area (Å²) in [6.07, 6.45) is 2.04. The number of hydrogen-bond donors (Lipinski definition) is 1. The van der Waals surface area contributed by atoms with Crippen molar-refractivity contribution in [2.75, 3.05) is 0 Å². The van der Waals surface area contributed by atoms with Crippen LogP contribution in [-0.2, 0) is 11.2 Å². The Bertz CT molecular complexity index is 315. The summed E-state index contributed by atoms with van der Waals surface area (Å²) in [7, 11) is 0. The standard InChI is InChI=1S/C9H7O2/c10-8-2-1-6-3-9(11)5-7(6)4-8/h1-4,10H,5H2. The molecule has 0 aliphatic heterocycles. The molecule has 0 saturated heterocycles. The number of benzene rings is 1. The zero-order valence-electron chi connectivity index (χ0n) is 5.87. The average Bonchev–Trinajstić information content (AvgIpc) is 2.27. The van der Waals surface area contributed by atoms with Gasteiger partial charge in [0.1, 0.15) is 11.5 Å². The highest BCUT2D eigenvalue weighted by Gasteiger charge is 2.18. The Morgan fingerprint density at radius 3 is 3.00 bits per heavy atom. The van der Waals surface area contributed by atoms with Crippen molar-refractivity contribution in [2.24, 2.45) is 0 Å². The van der Waals surface area contributed by atoms with Crippen molar-refractivity contribution < 1.29 is 9.90 Å². The molecule has 0 fully saturated rings. The first-order valence-corrected chi connectivity index (χ1v) is 3.45. The number of hydrogen-bond acceptors (Lipinski definition) is 2. The summed E-state index contributed by atoms with van der Waals surface area (Å²) in [5.74, 6) is 0.345. The van der Waals surface area contributed by atoms with E-state index in [1.807, 2.05) is 0 Å². The molecule has 55 valence electrons. The van der Waals surface area contributed by atoms with E-state index in [2.05, 4.69) is 0 Å². The van der Waals surface area contributed by atoms with Gasteiger partial charge in [-0.2, -0.15) is 0 Å². The SMILES string of the molecule is O=C1[CH]c2ccc(O)cc2C1. The van der Waals surface area contributed by atoms with Crippen molar-refractivity contribution in [1.82, 2.24) is 0 Å². The van der Waals surface area contributed by atoms with Crippen LogP contribution < -0.4 is 0 Å². The second-order valence-corrected chi connectivity index (χ2v) is 2.67. The van der Waals surface area contributed by atoms with Gasteiger partial charge in [-0.05, 0) is 23.3 Å². The van der Waals surface area contributed by atoms with E-state index in [-0.39, 0.29) is 11.5 Å². The van der Waals surface area contributed by atoms with Crippen molar-refractivity contribution in [3.63, 3.8) is 0 Å². The van der Waals surface area contributed by atoms with E-state index < -0.39 is 0 Å². The van der Waals surface area contributed by atoms with Gasteiger partial charge in [-0.1, -0.05) is 6.07 Å². The van der Waals surface area contributed by atoms with Crippen LogP contribution in [0.15, 0.2) is 18.2 Å². The number of rotatable bonds is 0. The average molecular weight is 147 g/mol. The summed E-state index contributed by atoms with van der Waals surface area (Å²) in [6.45, 7) is 0. The maximum atomic E-state index is 10.9. The molecule has 11 heavy (non-hydrogen) atoms. The van der Waals surface area contributed by atoms with Crippen LogP contribution in [0.1, 0.15) is 11.1 Å². The van der Waals surface area contributed by atoms with Gasteiger partial charge in [-0.25, -0.2) is 0 Å². The fraction of sp³-hybridized carbons (Fsp3) is 0.111. The molecule has 0 heterocycles. The van der Waals surface area contributed by atoms with Crippen LogP contribution in [0.4, 0.5) is 0 Å². The Morgan fingerprint density at radius 1 is 1.36 bits per heavy atom. The highest BCUT2D eigenvalue weighted by Crippen LogP contribution is 2.24. The number of phenolic OH excluding ortho intramolecular Hbond substituents is 1. The number of carbonyl (C=O) groups is 1. The summed E-state index contributed by atoms with van der Waals surface area (Å²) in [5.41, 5.74) is 1.86. The van der Waals surface area contributed by atoms with E-state index in [0.717, 1.165) is 11.1 Å². The van der Waals surface area contributed by atoms with E-state index in [1.165, 1.54) is 0 Å². The van der Waals surface area contributed by atoms with E-state index >= 15 is 0 Å². The predicted octanol–water partition coefficient (Wildman–Crippen LogP) is 1.07. The van der Waals surface area contributed by atoms with E-state index in [1.54, 1.807) is 24.6 Å². The van der Waals surface area contributed by atoms with Gasteiger partial charge in [0.15, 0.2) is 0 Å². The molecule has 0 bridgehead atoms. The maximum absolute atomic E-state index is 10.9. The molecule has 2 rings (SSSR count). The second kappa shape index (κ2) is 2.09. The third-order valence-corrected chi connectivity index (χ3v) is 1.81. The molecule has 0 aromatic heterocycles. The van der Waals surface area contributed by atoms with Crippen molar-refractivity contribution in [2.45, 2.75) is 6.42 Å². The third kappa shape index (κ3) is 1.00. The van der Waals surface area contributed by atoms with Crippen molar-refractivity contribution in [3.8, 4) is 5.75 Å². The third-order valence-electron chi connectivity index (χ3n) is 1.81. The lowest BCUT2D eigenvalue weighted by atomic mass is 10.1. The summed E-state index contributed by atoms with van der Waals surface area (Å²) >= 11 is 0. The first-order chi connectivity index (χ1) is 5.25. The minimum absolute atomic E-state index is 0.116. The Hall–Kier alpha value is -1.31. The number of phenols is 1. The summed E-state index contributed by atoms with van der Waals surface area (Å²) in [5, 5.41) is 9.06. The first kappa shape index (κ1) is 6.40. The number of aromatic hydroxyl groups is 1. The van der Waals surface area contributed by atoms with Gasteiger partial charge < -0.3 is 5.11 Å². The Morgan fingerprint density at radius 2 is 2.18 bits per heavy atom. The summed E-state index contributed by atoms with van der Waals surface area (Å²) in [6, 6.07) is 4.99. The van der Waals surface area contributed by atoms with E-state index in [4.69, 9.17) is 5.11 Å². The molecular weight excluding hydrogens is 140 g/mol. The minimum atomic E-state index is 0.116. The maximum Gasteiger partial charge on any atom is 0.145 e. The van der Waals surface area contributed by atoms with Crippen molar-refractivity contribution >= 4 is 5.78 Å². The molecular formula is C9H7O2. The van der Waals surface area contributed by atoms with Crippen molar-refractivity contribution in [1.29, 1.82) is 0 Å². The van der Waals surface area contributed by atoms with Crippen LogP contribution in [0.25, 0.3) is 0 Å². The highest BCUT2D eigenvalue weighted by molar-refractivity contribution is 5.97. The molecule has 1 radical (unpaired) electrons. The highest BCUT2D eigenvalue weighted by atomic mass is 16.3. The largest absolute Gasteiger partial charge is 0.508 e. The number of carbonyl (C=O) groups excluding carboxylic acids is 1. The molecule has 1 aliphatic rings. The summed E-state index contributed by atoms with van der Waals surface area (Å²) < 4.78 is 0. The molecule has 0 unspecified atom stereocenters. The lowest BCUT2D eigenvalue weighted by Gasteiger charge is -1.96. The van der Waals surface area contributed by atoms with Gasteiger partial charge in [0.2, 0.25) is 0 Å². The van der Waals surface area contributed by atoms with Crippen LogP contribution in [-0.4, -0.2) is 10.9 Å². The fourth-order valence-electron chi connectivity index (χ4n) is 1.30. The van der Waals surface area contributed by atoms with Crippen LogP contribution in [0.2, 0.25) is 0 Å². The van der Waals surface area contributed by atoms with Gasteiger partial charge in [0.05, 0.1) is 6.42 Å². The smallest absolute Gasteiger partial charge is 0.145 e. The van der Waals surface area contributed by atoms with Gasteiger partial charge in [0.25, 0.3) is 0 Å². The minimum Gasteiger partial charge on any atom is -0.508 e. The topological polar surface area (TPSA) is 37.3 Å². The van der Waals surface area contributed by atoms with Gasteiger partial charge in [0, 0.05) is 6.42 Å². The van der Waals surface area contributed by atoms with E-state index in [0.29, 0.717) is 6.42 Å². The predicted molar refractivity (Wildman–Crippen MR) is 40.2 cm³/mol. The van der Waals surface area contributed by atoms with Gasteiger partial charge >= 0.3 is 0 Å². The van der Waals surface area contributed by atoms with E-state index in [9.17, 15) is 4.79 Å². The molecule has 1 N–H and O–H groups in total. The van der Waals surface area contributed by atoms with Crippen molar-refractivity contribution in [3.05, 3.63) is 35.7 Å². The molecule has 0 saturated carbocycles. The lowest BCUT2D eigenvalue weighted by Crippen LogP contribution is -1.90. The number of Topliss-reactive ketones (excluding diaryl/α,β-unsaturated/α-hetero) is 1. The molecule has 2 nitrogen and oxygen atoms in total. The Labute approximate surface area is 64.5 Å². The zero-order chi connectivity index (χ0) is 7.84. The second-order valence-electron chi connectivity index (χ2n) is 2.67. The van der Waals surface area contributed by atoms with Gasteiger partial charge in [-0.15, -0.1) is 0 Å².